The van der Waals surface area contributed by atoms with Crippen LogP contribution in [-0.2, 0) is 4.79 Å². The van der Waals surface area contributed by atoms with E-state index in [4.69, 9.17) is 0 Å². The van der Waals surface area contributed by atoms with Crippen LogP contribution in [0.25, 0.3) is 0 Å². The fourth-order valence-electron chi connectivity index (χ4n) is 3.19. The van der Waals surface area contributed by atoms with E-state index in [0.29, 0.717) is 12.2 Å². The molecular weight excluding hydrogens is 361 g/mol. The fraction of sp³-hybridized carbons (Fsp3) is 0.368. The molecular formula is C19H19F3N2OS. The molecule has 0 radical (unpaired) electrons. The number of rotatable bonds is 3. The average Bonchev–Trinajstić information content (AvgIpc) is 3.00. The van der Waals surface area contributed by atoms with E-state index in [1.54, 1.807) is 11.8 Å². The largest absolute Gasteiger partial charge is 0.401 e. The smallest absolute Gasteiger partial charge is 0.311 e. The molecule has 0 saturated carbocycles. The first-order valence-corrected chi connectivity index (χ1v) is 9.16. The Kier molecular flexibility index (Phi) is 4.77. The summed E-state index contributed by atoms with van der Waals surface area (Å²) in [7, 11) is 0. The second-order valence-electron chi connectivity index (χ2n) is 6.44. The zero-order valence-electron chi connectivity index (χ0n) is 14.7. The summed E-state index contributed by atoms with van der Waals surface area (Å²) in [5.41, 5.74) is -1.01. The highest BCUT2D eigenvalue weighted by Gasteiger charge is 2.56. The van der Waals surface area contributed by atoms with Crippen LogP contribution < -0.4 is 4.90 Å². The molecule has 0 aliphatic carbocycles. The summed E-state index contributed by atoms with van der Waals surface area (Å²) < 4.78 is 41.1. The van der Waals surface area contributed by atoms with Crippen LogP contribution in [0.1, 0.15) is 20.8 Å². The van der Waals surface area contributed by atoms with E-state index in [2.05, 4.69) is 4.99 Å². The monoisotopic (exact) mass is 380 g/mol. The van der Waals surface area contributed by atoms with E-state index in [9.17, 15) is 18.0 Å². The minimum Gasteiger partial charge on any atom is -0.311 e. The van der Waals surface area contributed by atoms with Crippen LogP contribution in [0, 0.1) is 5.41 Å². The lowest BCUT2D eigenvalue weighted by Crippen LogP contribution is -2.38. The Labute approximate surface area is 154 Å². The van der Waals surface area contributed by atoms with Crippen LogP contribution >= 0.6 is 11.8 Å². The maximum absolute atomic E-state index is 13.7. The Hall–Kier alpha value is -2.02. The van der Waals surface area contributed by atoms with E-state index in [-0.39, 0.29) is 16.5 Å². The topological polar surface area (TPSA) is 32.7 Å². The first-order chi connectivity index (χ1) is 12.2. The SMILES string of the molecule is CCN(C(=O)C1C=C2C(=NC(C)=CC2(C)C(F)(F)F)S1)c1ccccc1. The van der Waals surface area contributed by atoms with Crippen LogP contribution in [0.4, 0.5) is 18.9 Å². The minimum atomic E-state index is -4.45. The summed E-state index contributed by atoms with van der Waals surface area (Å²) in [6, 6.07) is 9.11. The highest BCUT2D eigenvalue weighted by molar-refractivity contribution is 8.16. The summed E-state index contributed by atoms with van der Waals surface area (Å²) in [6.45, 7) is 4.96. The van der Waals surface area contributed by atoms with Gasteiger partial charge < -0.3 is 4.90 Å². The molecule has 138 valence electrons. The third-order valence-electron chi connectivity index (χ3n) is 4.60. The van der Waals surface area contributed by atoms with E-state index in [1.807, 2.05) is 37.3 Å². The summed E-state index contributed by atoms with van der Waals surface area (Å²) in [5, 5.41) is -0.433. The molecule has 0 aromatic heterocycles. The Morgan fingerprint density at radius 1 is 1.31 bits per heavy atom. The highest BCUT2D eigenvalue weighted by atomic mass is 32.2. The van der Waals surface area contributed by atoms with Gasteiger partial charge in [0, 0.05) is 23.5 Å². The molecule has 2 heterocycles. The number of benzene rings is 1. The Bertz CT molecular complexity index is 814. The molecule has 7 heteroatoms. The van der Waals surface area contributed by atoms with Gasteiger partial charge in [-0.05, 0) is 39.0 Å². The van der Waals surface area contributed by atoms with E-state index < -0.39 is 16.8 Å². The van der Waals surface area contributed by atoms with Crippen LogP contribution in [0.15, 0.2) is 58.7 Å². The van der Waals surface area contributed by atoms with Crippen molar-refractivity contribution in [3.05, 3.63) is 53.8 Å². The van der Waals surface area contributed by atoms with Crippen molar-refractivity contribution in [2.75, 3.05) is 11.4 Å². The molecule has 0 N–H and O–H groups in total. The Balaban J connectivity index is 1.95. The van der Waals surface area contributed by atoms with Crippen molar-refractivity contribution >= 4 is 28.4 Å². The zero-order valence-corrected chi connectivity index (χ0v) is 15.5. The van der Waals surface area contributed by atoms with Crippen LogP contribution in [0.2, 0.25) is 0 Å². The Morgan fingerprint density at radius 2 is 1.96 bits per heavy atom. The van der Waals surface area contributed by atoms with Crippen molar-refractivity contribution in [2.24, 2.45) is 10.4 Å². The molecule has 2 aliphatic heterocycles. The number of hydrogen-bond donors (Lipinski definition) is 0. The second kappa shape index (κ2) is 6.61. The number of anilines is 1. The molecule has 3 rings (SSSR count). The van der Waals surface area contributed by atoms with E-state index in [1.165, 1.54) is 6.08 Å². The van der Waals surface area contributed by atoms with Crippen molar-refractivity contribution in [3.63, 3.8) is 0 Å². The van der Waals surface area contributed by atoms with Gasteiger partial charge in [0.1, 0.15) is 15.7 Å². The number of carbonyl (C=O) groups excluding carboxylic acids is 1. The van der Waals surface area contributed by atoms with Crippen LogP contribution in [0.3, 0.4) is 0 Å². The van der Waals surface area contributed by atoms with E-state index >= 15 is 0 Å². The molecule has 26 heavy (non-hydrogen) atoms. The molecule has 1 aromatic carbocycles. The molecule has 2 aliphatic rings. The van der Waals surface area contributed by atoms with Gasteiger partial charge in [0.05, 0.1) is 0 Å². The molecule has 0 bridgehead atoms. The second-order valence-corrected chi connectivity index (χ2v) is 7.57. The first kappa shape index (κ1) is 18.8. The Morgan fingerprint density at radius 3 is 2.54 bits per heavy atom. The predicted molar refractivity (Wildman–Crippen MR) is 99.3 cm³/mol. The first-order valence-electron chi connectivity index (χ1n) is 8.28. The number of thioether (sulfide) groups is 1. The lowest BCUT2D eigenvalue weighted by atomic mass is 9.79. The molecule has 1 amide bonds. The molecule has 2 unspecified atom stereocenters. The number of nitrogens with zero attached hydrogens (tertiary/aromatic N) is 2. The van der Waals surface area contributed by atoms with Crippen molar-refractivity contribution in [3.8, 4) is 0 Å². The van der Waals surface area contributed by atoms with Gasteiger partial charge in [-0.1, -0.05) is 36.0 Å². The van der Waals surface area contributed by atoms with Gasteiger partial charge in [-0.25, -0.2) is 4.99 Å². The van der Waals surface area contributed by atoms with Crippen molar-refractivity contribution in [2.45, 2.75) is 32.2 Å². The number of halogens is 3. The number of allylic oxidation sites excluding steroid dienone is 2. The molecule has 3 nitrogen and oxygen atoms in total. The molecule has 0 saturated heterocycles. The fourth-order valence-corrected chi connectivity index (χ4v) is 4.47. The van der Waals surface area contributed by atoms with Gasteiger partial charge in [-0.3, -0.25) is 4.79 Å². The number of fused-ring (bicyclic) bond motifs is 1. The number of aliphatic imine (C=N–C) groups is 1. The van der Waals surface area contributed by atoms with Gasteiger partial charge in [-0.15, -0.1) is 0 Å². The number of carbonyl (C=O) groups is 1. The summed E-state index contributed by atoms with van der Waals surface area (Å²) >= 11 is 1.09. The van der Waals surface area contributed by atoms with Crippen molar-refractivity contribution < 1.29 is 18.0 Å². The third kappa shape index (κ3) is 3.09. The van der Waals surface area contributed by atoms with Gasteiger partial charge in [0.15, 0.2) is 0 Å². The van der Waals surface area contributed by atoms with Gasteiger partial charge in [0.25, 0.3) is 0 Å². The lowest BCUT2D eigenvalue weighted by Gasteiger charge is -2.33. The standard InChI is InChI=1S/C19H19F3N2OS/c1-4-24(13-8-6-5-7-9-13)17(25)15-10-14-16(26-15)23-12(2)11-18(14,3)19(20,21)22/h5-11,15H,4H2,1-3H3. The van der Waals surface area contributed by atoms with Gasteiger partial charge >= 0.3 is 6.18 Å². The van der Waals surface area contributed by atoms with Crippen LogP contribution in [-0.4, -0.2) is 28.9 Å². The third-order valence-corrected chi connectivity index (χ3v) is 5.73. The molecule has 1 aromatic rings. The summed E-state index contributed by atoms with van der Waals surface area (Å²) in [6.07, 6.45) is -1.90. The molecule has 2 atom stereocenters. The summed E-state index contributed by atoms with van der Waals surface area (Å²) in [5.74, 6) is -0.240. The van der Waals surface area contributed by atoms with Crippen molar-refractivity contribution in [1.82, 2.24) is 0 Å². The maximum Gasteiger partial charge on any atom is 0.401 e. The number of para-hydroxylation sites is 1. The molecule has 0 spiro atoms. The number of alkyl halides is 3. The van der Waals surface area contributed by atoms with Gasteiger partial charge in [-0.2, -0.15) is 13.2 Å². The van der Waals surface area contributed by atoms with Gasteiger partial charge in [0.2, 0.25) is 5.91 Å². The van der Waals surface area contributed by atoms with Crippen LogP contribution in [0.5, 0.6) is 0 Å². The average molecular weight is 380 g/mol. The molecule has 0 fully saturated rings. The highest BCUT2D eigenvalue weighted by Crippen LogP contribution is 2.52. The summed E-state index contributed by atoms with van der Waals surface area (Å²) in [4.78, 5) is 18.8. The van der Waals surface area contributed by atoms with Crippen molar-refractivity contribution in [1.29, 1.82) is 0 Å². The quantitative estimate of drug-likeness (QED) is 0.742. The minimum absolute atomic E-state index is 0.0723. The van der Waals surface area contributed by atoms with E-state index in [0.717, 1.165) is 30.4 Å². The predicted octanol–water partition coefficient (Wildman–Crippen LogP) is 4.97. The number of hydrogen-bond acceptors (Lipinski definition) is 3. The number of amides is 1. The zero-order chi connectivity index (χ0) is 19.1. The normalized spacial score (nSPS) is 25.2. The maximum atomic E-state index is 13.7. The lowest BCUT2D eigenvalue weighted by molar-refractivity contribution is -0.185.